The van der Waals surface area contributed by atoms with E-state index in [0.29, 0.717) is 15.8 Å². The lowest BCUT2D eigenvalue weighted by Crippen LogP contribution is -2.52. The van der Waals surface area contributed by atoms with E-state index in [9.17, 15) is 0 Å². The van der Waals surface area contributed by atoms with E-state index in [-0.39, 0.29) is 23.9 Å². The van der Waals surface area contributed by atoms with E-state index in [1.54, 1.807) is 13.2 Å². The number of likely N-dealkylation sites (tertiary alicyclic amines) is 1. The highest BCUT2D eigenvalue weighted by Gasteiger charge is 2.33. The van der Waals surface area contributed by atoms with Crippen LogP contribution >= 0.6 is 35.6 Å². The Morgan fingerprint density at radius 3 is 2.57 bits per heavy atom. The second-order valence-corrected chi connectivity index (χ2v) is 6.99. The van der Waals surface area contributed by atoms with E-state index in [1.165, 1.54) is 0 Å². The molecule has 0 radical (unpaired) electrons. The van der Waals surface area contributed by atoms with E-state index in [2.05, 4.69) is 18.7 Å². The summed E-state index contributed by atoms with van der Waals surface area (Å²) in [4.78, 5) is 2.38. The number of ether oxygens (including phenoxy) is 1. The van der Waals surface area contributed by atoms with Gasteiger partial charge in [-0.25, -0.2) is 0 Å². The molecule has 120 valence electrons. The third-order valence-corrected chi connectivity index (χ3v) is 4.75. The first-order valence-electron chi connectivity index (χ1n) is 6.83. The van der Waals surface area contributed by atoms with E-state index >= 15 is 0 Å². The maximum absolute atomic E-state index is 6.31. The summed E-state index contributed by atoms with van der Waals surface area (Å²) >= 11 is 12.5. The number of hydrogen-bond acceptors (Lipinski definition) is 3. The Hall–Kier alpha value is -0.190. The fraction of sp³-hybridized carbons (Fsp3) is 0.600. The normalized spacial score (nSPS) is 21.7. The first-order chi connectivity index (χ1) is 9.33. The molecule has 2 rings (SSSR count). The standard InChI is InChI=1S/C15H22Cl2N2O.ClH/c1-15(2)9-19(5-4-14(15)18)8-10-6-12(17)13(20-3)7-11(10)16;/h6-7,14H,4-5,8-9,18H2,1-3H3;1H. The molecule has 0 aromatic heterocycles. The van der Waals surface area contributed by atoms with Crippen molar-refractivity contribution in [1.29, 1.82) is 0 Å². The molecule has 2 N–H and O–H groups in total. The molecule has 0 saturated carbocycles. The summed E-state index contributed by atoms with van der Waals surface area (Å²) in [6.07, 6.45) is 1.01. The number of piperidine rings is 1. The molecule has 6 heteroatoms. The lowest BCUT2D eigenvalue weighted by Gasteiger charge is -2.42. The van der Waals surface area contributed by atoms with Crippen molar-refractivity contribution in [3.63, 3.8) is 0 Å². The minimum atomic E-state index is 0. The van der Waals surface area contributed by atoms with Gasteiger partial charge in [0.2, 0.25) is 0 Å². The summed E-state index contributed by atoms with van der Waals surface area (Å²) in [7, 11) is 1.59. The van der Waals surface area contributed by atoms with Crippen LogP contribution in [-0.2, 0) is 6.54 Å². The molecule has 1 aliphatic heterocycles. The highest BCUT2D eigenvalue weighted by molar-refractivity contribution is 6.34. The molecule has 3 nitrogen and oxygen atoms in total. The predicted octanol–water partition coefficient (Wildman–Crippen LogP) is 3.98. The topological polar surface area (TPSA) is 38.5 Å². The number of methoxy groups -OCH3 is 1. The molecule has 21 heavy (non-hydrogen) atoms. The molecule has 1 aromatic rings. The average Bonchev–Trinajstić information content (AvgIpc) is 2.37. The van der Waals surface area contributed by atoms with Gasteiger partial charge in [-0.05, 0) is 23.5 Å². The molecular formula is C15H23Cl3N2O. The van der Waals surface area contributed by atoms with Gasteiger partial charge in [0.15, 0.2) is 0 Å². The summed E-state index contributed by atoms with van der Waals surface area (Å²) in [5.41, 5.74) is 7.33. The van der Waals surface area contributed by atoms with Crippen molar-refractivity contribution in [3.8, 4) is 5.75 Å². The van der Waals surface area contributed by atoms with Crippen molar-refractivity contribution >= 4 is 35.6 Å². The molecule has 0 spiro atoms. The molecule has 0 bridgehead atoms. The molecular weight excluding hydrogens is 331 g/mol. The largest absolute Gasteiger partial charge is 0.495 e. The van der Waals surface area contributed by atoms with Crippen LogP contribution in [0.4, 0.5) is 0 Å². The van der Waals surface area contributed by atoms with Crippen LogP contribution in [0.3, 0.4) is 0 Å². The number of rotatable bonds is 3. The Balaban J connectivity index is 0.00000220. The lowest BCUT2D eigenvalue weighted by atomic mass is 9.79. The van der Waals surface area contributed by atoms with Gasteiger partial charge in [-0.15, -0.1) is 12.4 Å². The number of nitrogens with two attached hydrogens (primary N) is 1. The molecule has 1 unspecified atom stereocenters. The summed E-state index contributed by atoms with van der Waals surface area (Å²) in [5, 5.41) is 1.29. The summed E-state index contributed by atoms with van der Waals surface area (Å²) in [6, 6.07) is 3.93. The number of benzene rings is 1. The Labute approximate surface area is 143 Å². The molecule has 0 amide bonds. The fourth-order valence-electron chi connectivity index (χ4n) is 2.71. The van der Waals surface area contributed by atoms with Crippen molar-refractivity contribution < 1.29 is 4.74 Å². The van der Waals surface area contributed by atoms with Gasteiger partial charge < -0.3 is 10.5 Å². The maximum Gasteiger partial charge on any atom is 0.138 e. The molecule has 0 aliphatic carbocycles. The first kappa shape index (κ1) is 18.9. The molecule has 1 atom stereocenters. The predicted molar refractivity (Wildman–Crippen MR) is 91.9 cm³/mol. The van der Waals surface area contributed by atoms with Gasteiger partial charge in [0.05, 0.1) is 12.1 Å². The lowest BCUT2D eigenvalue weighted by molar-refractivity contribution is 0.0899. The van der Waals surface area contributed by atoms with Crippen molar-refractivity contribution in [2.24, 2.45) is 11.1 Å². The van der Waals surface area contributed by atoms with Gasteiger partial charge >= 0.3 is 0 Å². The van der Waals surface area contributed by atoms with Crippen LogP contribution in [-0.4, -0.2) is 31.1 Å². The monoisotopic (exact) mass is 352 g/mol. The van der Waals surface area contributed by atoms with E-state index < -0.39 is 0 Å². The van der Waals surface area contributed by atoms with Crippen molar-refractivity contribution in [2.75, 3.05) is 20.2 Å². The fourth-order valence-corrected chi connectivity index (χ4v) is 3.19. The Bertz CT molecular complexity index is 494. The molecule has 1 heterocycles. The van der Waals surface area contributed by atoms with Crippen molar-refractivity contribution in [2.45, 2.75) is 32.9 Å². The van der Waals surface area contributed by atoms with Crippen LogP contribution in [0.5, 0.6) is 5.75 Å². The SMILES string of the molecule is COc1cc(Cl)c(CN2CCC(N)C(C)(C)C2)cc1Cl.Cl. The smallest absolute Gasteiger partial charge is 0.138 e. The minimum Gasteiger partial charge on any atom is -0.495 e. The highest BCUT2D eigenvalue weighted by atomic mass is 35.5. The van der Waals surface area contributed by atoms with E-state index in [4.69, 9.17) is 33.7 Å². The van der Waals surface area contributed by atoms with E-state index in [1.807, 2.05) is 6.07 Å². The van der Waals surface area contributed by atoms with Crippen molar-refractivity contribution in [3.05, 3.63) is 27.7 Å². The van der Waals surface area contributed by atoms with Gasteiger partial charge in [0, 0.05) is 36.8 Å². The van der Waals surface area contributed by atoms with Gasteiger partial charge in [-0.2, -0.15) is 0 Å². The van der Waals surface area contributed by atoms with Gasteiger partial charge in [-0.1, -0.05) is 37.0 Å². The molecule has 1 aliphatic rings. The quantitative estimate of drug-likeness (QED) is 0.893. The third kappa shape index (κ3) is 4.40. The molecule has 1 saturated heterocycles. The minimum absolute atomic E-state index is 0. The number of hydrogen-bond donors (Lipinski definition) is 1. The van der Waals surface area contributed by atoms with Crippen LogP contribution in [0.15, 0.2) is 12.1 Å². The maximum atomic E-state index is 6.31. The third-order valence-electron chi connectivity index (χ3n) is 4.11. The first-order valence-corrected chi connectivity index (χ1v) is 7.59. The van der Waals surface area contributed by atoms with Crippen LogP contribution in [0.2, 0.25) is 10.0 Å². The summed E-state index contributed by atoms with van der Waals surface area (Å²) in [5.74, 6) is 0.612. The average molecular weight is 354 g/mol. The van der Waals surface area contributed by atoms with Gasteiger partial charge in [0.25, 0.3) is 0 Å². The van der Waals surface area contributed by atoms with Gasteiger partial charge in [-0.3, -0.25) is 4.90 Å². The van der Waals surface area contributed by atoms with Crippen LogP contribution in [0.1, 0.15) is 25.8 Å². The Kier molecular flexibility index (Phi) is 6.63. The molecule has 1 aromatic carbocycles. The zero-order valence-electron chi connectivity index (χ0n) is 12.7. The van der Waals surface area contributed by atoms with Crippen LogP contribution in [0.25, 0.3) is 0 Å². The Morgan fingerprint density at radius 2 is 2.00 bits per heavy atom. The van der Waals surface area contributed by atoms with Crippen LogP contribution < -0.4 is 10.5 Å². The number of halogens is 3. The van der Waals surface area contributed by atoms with Crippen LogP contribution in [0, 0.1) is 5.41 Å². The highest BCUT2D eigenvalue weighted by Crippen LogP contribution is 2.33. The number of nitrogens with zero attached hydrogens (tertiary/aromatic N) is 1. The second kappa shape index (κ2) is 7.38. The molecule has 1 fully saturated rings. The van der Waals surface area contributed by atoms with Gasteiger partial charge in [0.1, 0.15) is 5.75 Å². The second-order valence-electron chi connectivity index (χ2n) is 6.17. The zero-order chi connectivity index (χ0) is 14.9. The summed E-state index contributed by atoms with van der Waals surface area (Å²) in [6.45, 7) is 7.18. The van der Waals surface area contributed by atoms with E-state index in [0.717, 1.165) is 31.6 Å². The zero-order valence-corrected chi connectivity index (χ0v) is 15.0. The van der Waals surface area contributed by atoms with Crippen molar-refractivity contribution in [1.82, 2.24) is 4.90 Å². The Morgan fingerprint density at radius 1 is 1.33 bits per heavy atom. The summed E-state index contributed by atoms with van der Waals surface area (Å²) < 4.78 is 5.17.